The molecule has 134 valence electrons. The second-order valence-corrected chi connectivity index (χ2v) is 6.84. The van der Waals surface area contributed by atoms with Gasteiger partial charge in [0, 0.05) is 13.6 Å². The Balaban J connectivity index is 1.73. The maximum atomic E-state index is 11.9. The Morgan fingerprint density at radius 1 is 1.15 bits per heavy atom. The van der Waals surface area contributed by atoms with E-state index >= 15 is 0 Å². The van der Waals surface area contributed by atoms with Crippen LogP contribution in [0.1, 0.15) is 11.1 Å². The average Bonchev–Trinajstić information content (AvgIpc) is 2.66. The van der Waals surface area contributed by atoms with Crippen molar-refractivity contribution in [2.24, 2.45) is 7.05 Å². The summed E-state index contributed by atoms with van der Waals surface area (Å²) in [6.07, 6.45) is 1.62. The first-order valence-electron chi connectivity index (χ1n) is 7.96. The second kappa shape index (κ2) is 8.38. The van der Waals surface area contributed by atoms with Crippen molar-refractivity contribution in [3.05, 3.63) is 85.7 Å². The molecule has 0 aliphatic carbocycles. The summed E-state index contributed by atoms with van der Waals surface area (Å²) in [7, 11) is 1.61. The summed E-state index contributed by atoms with van der Waals surface area (Å²) in [4.78, 5) is 11.9. The van der Waals surface area contributed by atoms with Gasteiger partial charge in [0.15, 0.2) is 0 Å². The van der Waals surface area contributed by atoms with Crippen molar-refractivity contribution in [3.8, 4) is 5.75 Å². The van der Waals surface area contributed by atoms with Crippen LogP contribution in [0.3, 0.4) is 0 Å². The van der Waals surface area contributed by atoms with E-state index in [2.05, 4.69) is 26.3 Å². The van der Waals surface area contributed by atoms with Crippen LogP contribution in [0, 0.1) is 0 Å². The highest BCUT2D eigenvalue weighted by molar-refractivity contribution is 9.10. The molecule has 3 rings (SSSR count). The highest BCUT2D eigenvalue weighted by Crippen LogP contribution is 2.25. The van der Waals surface area contributed by atoms with Gasteiger partial charge < -0.3 is 10.1 Å². The van der Waals surface area contributed by atoms with E-state index in [1.807, 2.05) is 42.5 Å². The van der Waals surface area contributed by atoms with Gasteiger partial charge in [-0.3, -0.25) is 4.79 Å². The number of aryl methyl sites for hydroxylation is 1. The lowest BCUT2D eigenvalue weighted by Gasteiger charge is -2.14. The molecule has 0 saturated heterocycles. The summed E-state index contributed by atoms with van der Waals surface area (Å²) in [5.74, 6) is 0.649. The molecule has 0 radical (unpaired) electrons. The Kier molecular flexibility index (Phi) is 5.96. The fraction of sp³-hybridized carbons (Fsp3) is 0.158. The molecule has 5 nitrogen and oxygen atoms in total. The van der Waals surface area contributed by atoms with Gasteiger partial charge in [-0.15, -0.1) is 0 Å². The lowest BCUT2D eigenvalue weighted by molar-refractivity contribution is 0.305. The fourth-order valence-corrected chi connectivity index (χ4v) is 3.10. The van der Waals surface area contributed by atoms with Gasteiger partial charge in [-0.2, -0.15) is 5.10 Å². The molecule has 3 aromatic rings. The molecular formula is C19H17BrClN3O2. The van der Waals surface area contributed by atoms with Crippen LogP contribution in [0.25, 0.3) is 0 Å². The van der Waals surface area contributed by atoms with Crippen LogP contribution in [0.15, 0.2) is 64.0 Å². The number of halogens is 2. The van der Waals surface area contributed by atoms with Gasteiger partial charge in [-0.05, 0) is 39.2 Å². The number of benzene rings is 2. The van der Waals surface area contributed by atoms with Crippen molar-refractivity contribution in [1.82, 2.24) is 9.78 Å². The number of nitrogens with one attached hydrogen (secondary N) is 1. The zero-order chi connectivity index (χ0) is 18.5. The van der Waals surface area contributed by atoms with Crippen LogP contribution in [-0.2, 0) is 20.2 Å². The SMILES string of the molecule is Cn1ncc(NCc2ccccc2COc2ccccc2Cl)c(Br)c1=O. The van der Waals surface area contributed by atoms with E-state index in [0.717, 1.165) is 11.1 Å². The second-order valence-electron chi connectivity index (χ2n) is 5.64. The largest absolute Gasteiger partial charge is 0.487 e. The van der Waals surface area contributed by atoms with E-state index in [1.165, 1.54) is 4.68 Å². The Labute approximate surface area is 164 Å². The average molecular weight is 435 g/mol. The third-order valence-corrected chi connectivity index (χ3v) is 4.96. The highest BCUT2D eigenvalue weighted by atomic mass is 79.9. The van der Waals surface area contributed by atoms with E-state index < -0.39 is 0 Å². The molecule has 0 atom stereocenters. The minimum atomic E-state index is -0.190. The molecule has 0 bridgehead atoms. The summed E-state index contributed by atoms with van der Waals surface area (Å²) in [6, 6.07) is 15.3. The quantitative estimate of drug-likeness (QED) is 0.625. The minimum absolute atomic E-state index is 0.190. The van der Waals surface area contributed by atoms with Gasteiger partial charge in [-0.25, -0.2) is 4.68 Å². The normalized spacial score (nSPS) is 10.6. The van der Waals surface area contributed by atoms with Crippen molar-refractivity contribution >= 4 is 33.2 Å². The van der Waals surface area contributed by atoms with E-state index in [1.54, 1.807) is 19.3 Å². The van der Waals surface area contributed by atoms with Gasteiger partial charge >= 0.3 is 0 Å². The number of rotatable bonds is 6. The topological polar surface area (TPSA) is 56.1 Å². The molecule has 26 heavy (non-hydrogen) atoms. The number of para-hydroxylation sites is 1. The fourth-order valence-electron chi connectivity index (χ4n) is 2.41. The van der Waals surface area contributed by atoms with Crippen LogP contribution in [0.2, 0.25) is 5.02 Å². The molecule has 0 spiro atoms. The smallest absolute Gasteiger partial charge is 0.282 e. The van der Waals surface area contributed by atoms with E-state index in [9.17, 15) is 4.79 Å². The van der Waals surface area contributed by atoms with E-state index in [-0.39, 0.29) is 5.56 Å². The molecular weight excluding hydrogens is 418 g/mol. The zero-order valence-corrected chi connectivity index (χ0v) is 16.4. The molecule has 0 aliphatic rings. The summed E-state index contributed by atoms with van der Waals surface area (Å²) < 4.78 is 7.58. The van der Waals surface area contributed by atoms with Crippen LogP contribution in [0.4, 0.5) is 5.69 Å². The van der Waals surface area contributed by atoms with Gasteiger partial charge in [0.1, 0.15) is 16.8 Å². The zero-order valence-electron chi connectivity index (χ0n) is 14.1. The van der Waals surface area contributed by atoms with E-state index in [4.69, 9.17) is 16.3 Å². The number of nitrogens with zero attached hydrogens (tertiary/aromatic N) is 2. The summed E-state index contributed by atoms with van der Waals surface area (Å²) >= 11 is 9.45. The maximum absolute atomic E-state index is 11.9. The summed E-state index contributed by atoms with van der Waals surface area (Å²) in [5.41, 5.74) is 2.56. The maximum Gasteiger partial charge on any atom is 0.282 e. The lowest BCUT2D eigenvalue weighted by atomic mass is 10.1. The van der Waals surface area contributed by atoms with Crippen LogP contribution < -0.4 is 15.6 Å². The van der Waals surface area contributed by atoms with Gasteiger partial charge in [0.05, 0.1) is 16.9 Å². The molecule has 0 saturated carbocycles. The van der Waals surface area contributed by atoms with Crippen LogP contribution in [-0.4, -0.2) is 9.78 Å². The molecule has 7 heteroatoms. The minimum Gasteiger partial charge on any atom is -0.487 e. The van der Waals surface area contributed by atoms with Gasteiger partial charge in [0.25, 0.3) is 5.56 Å². The number of hydrogen-bond donors (Lipinski definition) is 1. The summed E-state index contributed by atoms with van der Waals surface area (Å²) in [5, 5.41) is 7.86. The molecule has 1 aromatic heterocycles. The molecule has 0 fully saturated rings. The Bertz CT molecular complexity index is 975. The van der Waals surface area contributed by atoms with Crippen LogP contribution >= 0.6 is 27.5 Å². The Hall–Kier alpha value is -2.31. The van der Waals surface area contributed by atoms with Crippen molar-refractivity contribution in [2.75, 3.05) is 5.32 Å². The first-order valence-corrected chi connectivity index (χ1v) is 9.13. The first kappa shape index (κ1) is 18.5. The number of hydrogen-bond acceptors (Lipinski definition) is 4. The highest BCUT2D eigenvalue weighted by Gasteiger charge is 2.09. The standard InChI is InChI=1S/C19H17BrClN3O2/c1-24-19(25)18(20)16(11-23-24)22-10-13-6-2-3-7-14(13)12-26-17-9-5-4-8-15(17)21/h2-9,11,22H,10,12H2,1H3. The predicted molar refractivity (Wildman–Crippen MR) is 107 cm³/mol. The Morgan fingerprint density at radius 2 is 1.85 bits per heavy atom. The van der Waals surface area contributed by atoms with E-state index in [0.29, 0.717) is 34.1 Å². The molecule has 0 amide bonds. The van der Waals surface area contributed by atoms with Crippen molar-refractivity contribution in [1.29, 1.82) is 0 Å². The van der Waals surface area contributed by atoms with Crippen molar-refractivity contribution in [2.45, 2.75) is 13.2 Å². The van der Waals surface area contributed by atoms with Crippen LogP contribution in [0.5, 0.6) is 5.75 Å². The molecule has 0 aliphatic heterocycles. The van der Waals surface area contributed by atoms with Crippen molar-refractivity contribution < 1.29 is 4.74 Å². The monoisotopic (exact) mass is 433 g/mol. The third-order valence-electron chi connectivity index (χ3n) is 3.89. The molecule has 0 unspecified atom stereocenters. The first-order chi connectivity index (χ1) is 12.6. The Morgan fingerprint density at radius 3 is 2.62 bits per heavy atom. The lowest BCUT2D eigenvalue weighted by Crippen LogP contribution is -2.21. The number of aromatic nitrogens is 2. The molecule has 1 heterocycles. The number of ether oxygens (including phenoxy) is 1. The van der Waals surface area contributed by atoms with Crippen molar-refractivity contribution in [3.63, 3.8) is 0 Å². The summed E-state index contributed by atoms with van der Waals surface area (Å²) in [6.45, 7) is 0.938. The molecule has 2 aromatic carbocycles. The van der Waals surface area contributed by atoms with Gasteiger partial charge in [0.2, 0.25) is 0 Å². The predicted octanol–water partition coefficient (Wildman–Crippen LogP) is 4.39. The van der Waals surface area contributed by atoms with Gasteiger partial charge in [-0.1, -0.05) is 48.0 Å². The number of anilines is 1. The molecule has 1 N–H and O–H groups in total. The third kappa shape index (κ3) is 4.26.